The summed E-state index contributed by atoms with van der Waals surface area (Å²) >= 11 is 0. The molecule has 2 nitrogen and oxygen atoms in total. The molecule has 2 fully saturated rings. The summed E-state index contributed by atoms with van der Waals surface area (Å²) < 4.78 is 0. The van der Waals surface area contributed by atoms with E-state index in [1.54, 1.807) is 0 Å². The number of piperidine rings is 1. The van der Waals surface area contributed by atoms with Gasteiger partial charge in [-0.1, -0.05) is 13.3 Å². The van der Waals surface area contributed by atoms with Crippen LogP contribution in [0.2, 0.25) is 0 Å². The zero-order valence-corrected chi connectivity index (χ0v) is 9.17. The number of hydrogen-bond donors (Lipinski definition) is 0. The number of carbonyl (C=O) groups is 1. The second-order valence-corrected chi connectivity index (χ2v) is 5.44. The molecule has 0 N–H and O–H groups in total. The molecule has 0 aromatic carbocycles. The molecule has 1 heterocycles. The van der Waals surface area contributed by atoms with Crippen LogP contribution in [-0.4, -0.2) is 30.8 Å². The fourth-order valence-corrected chi connectivity index (χ4v) is 2.82. The number of aldehydes is 1. The van der Waals surface area contributed by atoms with Gasteiger partial charge < -0.3 is 9.69 Å². The molecular weight excluding hydrogens is 174 g/mol. The predicted octanol–water partition coefficient (Wildman–Crippen LogP) is 2.09. The van der Waals surface area contributed by atoms with E-state index in [1.165, 1.54) is 38.8 Å². The molecule has 1 unspecified atom stereocenters. The first-order chi connectivity index (χ1) is 6.72. The Bertz CT molecular complexity index is 210. The van der Waals surface area contributed by atoms with Crippen molar-refractivity contribution in [3.05, 3.63) is 0 Å². The van der Waals surface area contributed by atoms with Crippen LogP contribution < -0.4 is 0 Å². The van der Waals surface area contributed by atoms with Crippen LogP contribution >= 0.6 is 0 Å². The molecule has 0 aromatic rings. The molecule has 0 bridgehead atoms. The molecule has 1 aliphatic carbocycles. The molecule has 2 rings (SSSR count). The molecule has 2 aliphatic rings. The maximum absolute atomic E-state index is 10.7. The fourth-order valence-electron chi connectivity index (χ4n) is 2.82. The zero-order valence-electron chi connectivity index (χ0n) is 9.17. The first-order valence-corrected chi connectivity index (χ1v) is 5.89. The van der Waals surface area contributed by atoms with Gasteiger partial charge >= 0.3 is 0 Å². The number of nitrogens with zero attached hydrogens (tertiary/aromatic N) is 1. The third kappa shape index (κ3) is 2.17. The number of likely N-dealkylation sites (tertiary alicyclic amines) is 1. The van der Waals surface area contributed by atoms with Gasteiger partial charge in [0.25, 0.3) is 0 Å². The summed E-state index contributed by atoms with van der Waals surface area (Å²) in [6.07, 6.45) is 7.64. The van der Waals surface area contributed by atoms with Gasteiger partial charge in [0.15, 0.2) is 0 Å². The second-order valence-electron chi connectivity index (χ2n) is 5.44. The summed E-state index contributed by atoms with van der Waals surface area (Å²) in [5.41, 5.74) is 0.574. The minimum atomic E-state index is 0.312. The first kappa shape index (κ1) is 10.2. The molecule has 0 amide bonds. The highest BCUT2D eigenvalue weighted by molar-refractivity contribution is 5.53. The lowest BCUT2D eigenvalue weighted by Gasteiger charge is -2.44. The Morgan fingerprint density at radius 2 is 2.21 bits per heavy atom. The fraction of sp³-hybridized carbons (Fsp3) is 0.917. The van der Waals surface area contributed by atoms with E-state index >= 15 is 0 Å². The molecule has 0 spiro atoms. The number of hydrogen-bond acceptors (Lipinski definition) is 2. The Morgan fingerprint density at radius 3 is 2.79 bits per heavy atom. The minimum absolute atomic E-state index is 0.312. The third-order valence-electron chi connectivity index (χ3n) is 3.90. The van der Waals surface area contributed by atoms with Crippen LogP contribution in [0, 0.1) is 11.3 Å². The van der Waals surface area contributed by atoms with Gasteiger partial charge in [-0.3, -0.25) is 0 Å². The number of rotatable bonds is 3. The lowest BCUT2D eigenvalue weighted by molar-refractivity contribution is -0.112. The molecule has 0 aromatic heterocycles. The SMILES string of the molecule is CC1(CN2CCCC(C=O)C2)CCC1. The van der Waals surface area contributed by atoms with Gasteiger partial charge in [-0.15, -0.1) is 0 Å². The number of carbonyl (C=O) groups excluding carboxylic acids is 1. The van der Waals surface area contributed by atoms with Crippen LogP contribution in [0.15, 0.2) is 0 Å². The molecule has 0 radical (unpaired) electrons. The Hall–Kier alpha value is -0.370. The lowest BCUT2D eigenvalue weighted by Crippen LogP contribution is -2.44. The minimum Gasteiger partial charge on any atom is -0.303 e. The molecule has 2 heteroatoms. The molecular formula is C12H21NO. The Morgan fingerprint density at radius 1 is 1.43 bits per heavy atom. The maximum Gasteiger partial charge on any atom is 0.124 e. The van der Waals surface area contributed by atoms with E-state index in [4.69, 9.17) is 0 Å². The second kappa shape index (κ2) is 4.01. The standard InChI is InChI=1S/C12H21NO/c1-12(5-3-6-12)10-13-7-2-4-11(8-13)9-14/h9,11H,2-8,10H2,1H3. The summed E-state index contributed by atoms with van der Waals surface area (Å²) in [5.74, 6) is 0.312. The van der Waals surface area contributed by atoms with Crippen molar-refractivity contribution in [1.29, 1.82) is 0 Å². The van der Waals surface area contributed by atoms with E-state index in [0.717, 1.165) is 19.3 Å². The zero-order chi connectivity index (χ0) is 10.0. The monoisotopic (exact) mass is 195 g/mol. The van der Waals surface area contributed by atoms with Gasteiger partial charge in [-0.2, -0.15) is 0 Å². The van der Waals surface area contributed by atoms with E-state index in [-0.39, 0.29) is 0 Å². The molecule has 1 atom stereocenters. The van der Waals surface area contributed by atoms with Crippen LogP contribution in [-0.2, 0) is 4.79 Å². The Kier molecular flexibility index (Phi) is 2.91. The van der Waals surface area contributed by atoms with Gasteiger partial charge in [0, 0.05) is 19.0 Å². The maximum atomic E-state index is 10.7. The summed E-state index contributed by atoms with van der Waals surface area (Å²) in [7, 11) is 0. The van der Waals surface area contributed by atoms with Crippen LogP contribution in [0.4, 0.5) is 0 Å². The molecule has 1 aliphatic heterocycles. The highest BCUT2D eigenvalue weighted by atomic mass is 16.1. The van der Waals surface area contributed by atoms with Crippen molar-refractivity contribution < 1.29 is 4.79 Å². The van der Waals surface area contributed by atoms with Crippen molar-refractivity contribution in [3.63, 3.8) is 0 Å². The highest BCUT2D eigenvalue weighted by Crippen LogP contribution is 2.41. The van der Waals surface area contributed by atoms with E-state index in [9.17, 15) is 4.79 Å². The molecule has 80 valence electrons. The van der Waals surface area contributed by atoms with E-state index in [1.807, 2.05) is 0 Å². The third-order valence-corrected chi connectivity index (χ3v) is 3.90. The normalized spacial score (nSPS) is 32.2. The van der Waals surface area contributed by atoms with Crippen LogP contribution in [0.1, 0.15) is 39.0 Å². The average Bonchev–Trinajstić information content (AvgIpc) is 2.16. The van der Waals surface area contributed by atoms with Crippen molar-refractivity contribution in [1.82, 2.24) is 4.90 Å². The van der Waals surface area contributed by atoms with Gasteiger partial charge in [0.05, 0.1) is 0 Å². The van der Waals surface area contributed by atoms with Crippen molar-refractivity contribution in [2.45, 2.75) is 39.0 Å². The molecule has 1 saturated carbocycles. The lowest BCUT2D eigenvalue weighted by atomic mass is 9.70. The first-order valence-electron chi connectivity index (χ1n) is 5.89. The summed E-state index contributed by atoms with van der Waals surface area (Å²) in [6.45, 7) is 5.83. The largest absolute Gasteiger partial charge is 0.303 e. The van der Waals surface area contributed by atoms with E-state index in [2.05, 4.69) is 11.8 Å². The topological polar surface area (TPSA) is 20.3 Å². The van der Waals surface area contributed by atoms with Crippen LogP contribution in [0.25, 0.3) is 0 Å². The smallest absolute Gasteiger partial charge is 0.124 e. The van der Waals surface area contributed by atoms with Gasteiger partial charge in [0.1, 0.15) is 6.29 Å². The van der Waals surface area contributed by atoms with Gasteiger partial charge in [0.2, 0.25) is 0 Å². The molecule has 1 saturated heterocycles. The van der Waals surface area contributed by atoms with Crippen molar-refractivity contribution in [2.75, 3.05) is 19.6 Å². The highest BCUT2D eigenvalue weighted by Gasteiger charge is 2.34. The Labute approximate surface area is 86.7 Å². The van der Waals surface area contributed by atoms with Crippen molar-refractivity contribution in [3.8, 4) is 0 Å². The van der Waals surface area contributed by atoms with Gasteiger partial charge in [-0.25, -0.2) is 0 Å². The summed E-state index contributed by atoms with van der Waals surface area (Å²) in [5, 5.41) is 0. The van der Waals surface area contributed by atoms with E-state index < -0.39 is 0 Å². The van der Waals surface area contributed by atoms with E-state index in [0.29, 0.717) is 11.3 Å². The predicted molar refractivity (Wildman–Crippen MR) is 57.2 cm³/mol. The summed E-state index contributed by atoms with van der Waals surface area (Å²) in [4.78, 5) is 13.2. The van der Waals surface area contributed by atoms with Crippen molar-refractivity contribution >= 4 is 6.29 Å². The van der Waals surface area contributed by atoms with Gasteiger partial charge in [-0.05, 0) is 37.6 Å². The van der Waals surface area contributed by atoms with Crippen molar-refractivity contribution in [2.24, 2.45) is 11.3 Å². The molecule has 14 heavy (non-hydrogen) atoms. The van der Waals surface area contributed by atoms with Crippen LogP contribution in [0.3, 0.4) is 0 Å². The quantitative estimate of drug-likeness (QED) is 0.643. The summed E-state index contributed by atoms with van der Waals surface area (Å²) in [6, 6.07) is 0. The Balaban J connectivity index is 1.82. The van der Waals surface area contributed by atoms with Crippen LogP contribution in [0.5, 0.6) is 0 Å². The average molecular weight is 195 g/mol.